The Morgan fingerprint density at radius 2 is 1.30 bits per heavy atom. The van der Waals surface area contributed by atoms with Crippen molar-refractivity contribution in [2.45, 2.75) is 69.6 Å². The Labute approximate surface area is 437 Å². The van der Waals surface area contributed by atoms with Gasteiger partial charge in [-0.3, -0.25) is 4.79 Å². The molecule has 2 aliphatic heterocycles. The lowest BCUT2D eigenvalue weighted by molar-refractivity contribution is -0.0885. The number of aromatic nitrogens is 6. The molecule has 4 N–H and O–H groups in total. The molecule has 16 nitrogen and oxygen atoms in total. The third kappa shape index (κ3) is 11.4. The summed E-state index contributed by atoms with van der Waals surface area (Å²) in [5.41, 5.74) is 5.45. The number of aromatic amines is 2. The number of ether oxygens (including phenoxy) is 3. The number of esters is 2. The Hall–Kier alpha value is -7.48. The van der Waals surface area contributed by atoms with Crippen molar-refractivity contribution in [1.29, 1.82) is 0 Å². The van der Waals surface area contributed by atoms with E-state index in [1.165, 1.54) is 51.2 Å². The van der Waals surface area contributed by atoms with Crippen molar-refractivity contribution in [3.63, 3.8) is 0 Å². The van der Waals surface area contributed by atoms with Crippen LogP contribution in [0.5, 0.6) is 0 Å². The molecule has 76 heavy (non-hydrogen) atoms. The minimum atomic E-state index is -5.00. The van der Waals surface area contributed by atoms with E-state index in [0.29, 0.717) is 68.7 Å². The summed E-state index contributed by atoms with van der Waals surface area (Å²) < 4.78 is 56.2. The van der Waals surface area contributed by atoms with Gasteiger partial charge in [0.15, 0.2) is 5.82 Å². The van der Waals surface area contributed by atoms with Gasteiger partial charge in [-0.1, -0.05) is 61.0 Å². The topological polar surface area (TPSA) is 193 Å². The first-order chi connectivity index (χ1) is 36.9. The fourth-order valence-electron chi connectivity index (χ4n) is 10.9. The molecule has 0 saturated carbocycles. The van der Waals surface area contributed by atoms with E-state index >= 15 is 0 Å². The van der Waals surface area contributed by atoms with Crippen LogP contribution in [0.1, 0.15) is 116 Å². The summed E-state index contributed by atoms with van der Waals surface area (Å²) in [6.07, 6.45) is 2.07. The van der Waals surface area contributed by atoms with Crippen molar-refractivity contribution in [1.82, 2.24) is 39.7 Å². The van der Waals surface area contributed by atoms with E-state index in [-0.39, 0.29) is 12.3 Å². The first-order valence-electron chi connectivity index (χ1n) is 25.9. The number of nitrogens with one attached hydrogen (secondary N) is 4. The van der Waals surface area contributed by atoms with Crippen LogP contribution < -0.4 is 10.6 Å². The van der Waals surface area contributed by atoms with Gasteiger partial charge in [-0.15, -0.1) is 0 Å². The van der Waals surface area contributed by atoms with Crippen LogP contribution in [0.3, 0.4) is 0 Å². The Bertz CT molecular complexity index is 3430. The second-order valence-corrected chi connectivity index (χ2v) is 19.7. The number of halogens is 3. The largest absolute Gasteiger partial charge is 0.465 e. The minimum Gasteiger partial charge on any atom is -0.465 e. The molecular formula is C57H61F3N10O6. The van der Waals surface area contributed by atoms with Crippen molar-refractivity contribution in [2.75, 3.05) is 84.3 Å². The number of anilines is 2. The molecule has 0 spiro atoms. The molecule has 396 valence electrons. The van der Waals surface area contributed by atoms with Gasteiger partial charge in [-0.25, -0.2) is 29.5 Å². The maximum absolute atomic E-state index is 13.3. The number of benzene rings is 4. The number of fused-ring (bicyclic) bond motifs is 6. The van der Waals surface area contributed by atoms with Crippen LogP contribution >= 0.6 is 0 Å². The maximum atomic E-state index is 13.3. The summed E-state index contributed by atoms with van der Waals surface area (Å²) in [6, 6.07) is 24.6. The lowest BCUT2D eigenvalue weighted by Gasteiger charge is -2.33. The molecule has 2 saturated heterocycles. The van der Waals surface area contributed by atoms with Gasteiger partial charge in [-0.05, 0) is 124 Å². The van der Waals surface area contributed by atoms with Crippen molar-refractivity contribution < 1.29 is 41.8 Å². The number of Topliss-reactive ketones (excluding diaryl/α,β-unsaturated/α-hetero) is 1. The fourth-order valence-corrected chi connectivity index (χ4v) is 10.9. The van der Waals surface area contributed by atoms with E-state index in [1.807, 2.05) is 12.1 Å². The number of methoxy groups -OCH3 is 3. The van der Waals surface area contributed by atoms with Gasteiger partial charge in [0, 0.05) is 60.5 Å². The summed E-state index contributed by atoms with van der Waals surface area (Å²) in [5, 5.41) is 10.4. The van der Waals surface area contributed by atoms with Gasteiger partial charge in [0.1, 0.15) is 34.9 Å². The van der Waals surface area contributed by atoms with Crippen molar-refractivity contribution in [2.24, 2.45) is 0 Å². The number of rotatable bonds is 19. The zero-order valence-electron chi connectivity index (χ0n) is 42.8. The summed E-state index contributed by atoms with van der Waals surface area (Å²) in [6.45, 7) is 7.20. The third-order valence-corrected chi connectivity index (χ3v) is 14.6. The average Bonchev–Trinajstić information content (AvgIpc) is 4.02. The Morgan fingerprint density at radius 3 is 1.95 bits per heavy atom. The number of likely N-dealkylation sites (tertiary alicyclic amines) is 2. The van der Waals surface area contributed by atoms with Crippen LogP contribution in [0, 0.1) is 0 Å². The predicted octanol–water partition coefficient (Wildman–Crippen LogP) is 10.1. The molecule has 2 aliphatic rings. The predicted molar refractivity (Wildman–Crippen MR) is 285 cm³/mol. The first kappa shape index (κ1) is 52.0. The summed E-state index contributed by atoms with van der Waals surface area (Å²) >= 11 is 0. The van der Waals surface area contributed by atoms with Crippen LogP contribution in [0.25, 0.3) is 43.9 Å². The molecule has 0 aliphatic carbocycles. The minimum absolute atomic E-state index is 0.0674. The van der Waals surface area contributed by atoms with Gasteiger partial charge in [0.05, 0.1) is 36.1 Å². The summed E-state index contributed by atoms with van der Waals surface area (Å²) in [7, 11) is 4.36. The summed E-state index contributed by atoms with van der Waals surface area (Å²) in [4.78, 5) is 68.6. The average molecular weight is 1040 g/mol. The fraction of sp³-hybridized carbons (Fsp3) is 0.386. The highest BCUT2D eigenvalue weighted by Crippen LogP contribution is 2.36. The number of hydrogen-bond donors (Lipinski definition) is 4. The molecule has 6 heterocycles. The highest BCUT2D eigenvalue weighted by molar-refractivity contribution is 6.13. The molecule has 4 aromatic carbocycles. The number of carbonyl (C=O) groups is 3. The second-order valence-electron chi connectivity index (χ2n) is 19.7. The monoisotopic (exact) mass is 1040 g/mol. The molecule has 10 rings (SSSR count). The summed E-state index contributed by atoms with van der Waals surface area (Å²) in [5.74, 6) is -0.460. The lowest BCUT2D eigenvalue weighted by atomic mass is 9.89. The molecular weight excluding hydrogens is 978 g/mol. The molecule has 19 heteroatoms. The van der Waals surface area contributed by atoms with Crippen LogP contribution in [0.4, 0.5) is 24.8 Å². The molecule has 2 fully saturated rings. The zero-order valence-corrected chi connectivity index (χ0v) is 42.8. The van der Waals surface area contributed by atoms with Gasteiger partial charge >= 0.3 is 18.1 Å². The third-order valence-electron chi connectivity index (χ3n) is 14.6. The molecule has 8 aromatic rings. The Morgan fingerprint density at radius 1 is 0.684 bits per heavy atom. The number of nitrogens with zero attached hydrogens (tertiary/aromatic N) is 6. The normalized spacial score (nSPS) is 16.1. The van der Waals surface area contributed by atoms with Crippen molar-refractivity contribution in [3.8, 4) is 0 Å². The Kier molecular flexibility index (Phi) is 15.6. The SMILES string of the molecule is COC(=O)c1ccc2c(c1)[nH]c1nc(Cc3cccc(C(=O)C(F)(F)F)c3)nc(NCCCN3CCCC(c4cccc(C(OC)c5nc(NCCCN6CCCCC6)c6c(n5)[nH]c5cc(C(=O)OC)ccc56)c4)C3)c12. The lowest BCUT2D eigenvalue weighted by Crippen LogP contribution is -2.35. The van der Waals surface area contributed by atoms with Crippen LogP contribution in [0.15, 0.2) is 84.9 Å². The van der Waals surface area contributed by atoms with Crippen LogP contribution in [-0.2, 0) is 20.6 Å². The molecule has 2 atom stereocenters. The number of piperidine rings is 2. The van der Waals surface area contributed by atoms with Gasteiger partial charge in [0.25, 0.3) is 5.78 Å². The van der Waals surface area contributed by atoms with Gasteiger partial charge in [-0.2, -0.15) is 13.2 Å². The molecule has 2 unspecified atom stereocenters. The molecule has 0 radical (unpaired) electrons. The standard InChI is InChI=1S/C57H61F3N10O6/c1-74-48(54-67-51(62-21-10-26-69-23-5-4-6-24-69)47-42-20-18-39(56(73)76-3)32-44(42)64-53(47)68-54)36-14-8-13-35(30-36)40-16-9-25-70(33-40)27-11-22-61-50-46-41-19-17-38(55(72)75-2)31-43(41)63-52(46)66-45(65-50)29-34-12-7-15-37(28-34)49(71)57(58,59)60/h7-8,12-15,17-20,28,30-32,40,48H,4-6,9-11,16,21-27,29,33H2,1-3H3,(H2,61,63,65,66)(H2,62,64,67,68). The van der Waals surface area contributed by atoms with E-state index in [9.17, 15) is 27.6 Å². The highest BCUT2D eigenvalue weighted by atomic mass is 19.4. The number of hydrogen-bond acceptors (Lipinski definition) is 14. The number of ketones is 1. The van der Waals surface area contributed by atoms with Crippen LogP contribution in [-0.4, -0.2) is 137 Å². The Balaban J connectivity index is 0.844. The van der Waals surface area contributed by atoms with E-state index in [0.717, 1.165) is 105 Å². The quantitative estimate of drug-likeness (QED) is 0.0340. The van der Waals surface area contributed by atoms with E-state index in [2.05, 4.69) is 54.7 Å². The van der Waals surface area contributed by atoms with Crippen molar-refractivity contribution >= 4 is 73.2 Å². The zero-order chi connectivity index (χ0) is 52.9. The second kappa shape index (κ2) is 22.8. The van der Waals surface area contributed by atoms with Crippen LogP contribution in [0.2, 0.25) is 0 Å². The number of alkyl halides is 3. The van der Waals surface area contributed by atoms with Gasteiger partial charge < -0.3 is 44.6 Å². The first-order valence-corrected chi connectivity index (χ1v) is 25.9. The van der Waals surface area contributed by atoms with E-state index < -0.39 is 35.6 Å². The van der Waals surface area contributed by atoms with Crippen molar-refractivity contribution in [3.05, 3.63) is 130 Å². The highest BCUT2D eigenvalue weighted by Gasteiger charge is 2.39. The number of carbonyl (C=O) groups excluding carboxylic acids is 3. The smallest absolute Gasteiger partial charge is 0.454 e. The van der Waals surface area contributed by atoms with E-state index in [1.54, 1.807) is 37.4 Å². The molecule has 4 aromatic heterocycles. The van der Waals surface area contributed by atoms with Gasteiger partial charge in [0.2, 0.25) is 0 Å². The maximum Gasteiger partial charge on any atom is 0.454 e. The number of H-pyrrole nitrogens is 2. The molecule has 0 bridgehead atoms. The molecule has 0 amide bonds. The van der Waals surface area contributed by atoms with E-state index in [4.69, 9.17) is 34.1 Å².